The maximum absolute atomic E-state index is 12.3. The van der Waals surface area contributed by atoms with Crippen molar-refractivity contribution in [3.8, 4) is 0 Å². The minimum Gasteiger partial charge on any atom is -0.302 e. The highest BCUT2D eigenvalue weighted by atomic mass is 32.2. The molecule has 0 fully saturated rings. The second kappa shape index (κ2) is 4.37. The molecular formula is C12H17N3O2S. The predicted octanol–water partition coefficient (Wildman–Crippen LogP) is 1.46. The number of hydrogen-bond acceptors (Lipinski definition) is 3. The van der Waals surface area contributed by atoms with Crippen LogP contribution in [0.2, 0.25) is 0 Å². The Morgan fingerprint density at radius 3 is 2.61 bits per heavy atom. The van der Waals surface area contributed by atoms with Crippen LogP contribution in [-0.2, 0) is 16.4 Å². The largest absolute Gasteiger partial charge is 0.302 e. The summed E-state index contributed by atoms with van der Waals surface area (Å²) in [6, 6.07) is 3.79. The zero-order valence-electron chi connectivity index (χ0n) is 11.0. The first-order valence-corrected chi connectivity index (χ1v) is 7.22. The third kappa shape index (κ3) is 1.81. The van der Waals surface area contributed by atoms with Crippen molar-refractivity contribution in [3.05, 3.63) is 29.7 Å². The van der Waals surface area contributed by atoms with Crippen molar-refractivity contribution in [2.75, 3.05) is 14.1 Å². The van der Waals surface area contributed by atoms with Gasteiger partial charge in [-0.3, -0.25) is 0 Å². The van der Waals surface area contributed by atoms with Crippen LogP contribution in [-0.4, -0.2) is 36.2 Å². The average molecular weight is 267 g/mol. The van der Waals surface area contributed by atoms with Gasteiger partial charge in [0.15, 0.2) is 5.03 Å². The summed E-state index contributed by atoms with van der Waals surface area (Å²) in [7, 11) is -0.477. The van der Waals surface area contributed by atoms with Crippen molar-refractivity contribution < 1.29 is 8.42 Å². The number of hydrogen-bond donors (Lipinski definition) is 0. The van der Waals surface area contributed by atoms with Crippen LogP contribution in [0.25, 0.3) is 5.52 Å². The molecule has 2 aromatic rings. The van der Waals surface area contributed by atoms with E-state index >= 15 is 0 Å². The molecule has 0 spiro atoms. The molecule has 2 aromatic heterocycles. The van der Waals surface area contributed by atoms with Crippen LogP contribution in [0.15, 0.2) is 23.4 Å². The van der Waals surface area contributed by atoms with E-state index in [1.807, 2.05) is 36.6 Å². The van der Waals surface area contributed by atoms with E-state index in [4.69, 9.17) is 0 Å². The van der Waals surface area contributed by atoms with Gasteiger partial charge in [-0.25, -0.2) is 17.7 Å². The zero-order chi connectivity index (χ0) is 13.5. The Morgan fingerprint density at radius 2 is 2.06 bits per heavy atom. The first-order valence-electron chi connectivity index (χ1n) is 5.78. The van der Waals surface area contributed by atoms with Gasteiger partial charge in [0, 0.05) is 26.7 Å². The molecule has 0 amide bonds. The molecule has 0 atom stereocenters. The molecule has 0 aliphatic carbocycles. The Bertz CT molecular complexity index is 687. The van der Waals surface area contributed by atoms with E-state index in [1.165, 1.54) is 18.4 Å². The van der Waals surface area contributed by atoms with E-state index < -0.39 is 10.0 Å². The summed E-state index contributed by atoms with van der Waals surface area (Å²) < 4.78 is 27.6. The maximum Gasteiger partial charge on any atom is 0.262 e. The Balaban J connectivity index is 2.89. The van der Waals surface area contributed by atoms with Gasteiger partial charge in [-0.05, 0) is 18.6 Å². The molecule has 0 aliphatic heterocycles. The highest BCUT2D eigenvalue weighted by Crippen LogP contribution is 2.23. The van der Waals surface area contributed by atoms with E-state index in [-0.39, 0.29) is 5.03 Å². The Kier molecular flexibility index (Phi) is 3.16. The van der Waals surface area contributed by atoms with Crippen molar-refractivity contribution in [3.63, 3.8) is 0 Å². The van der Waals surface area contributed by atoms with Crippen molar-refractivity contribution in [1.29, 1.82) is 0 Å². The van der Waals surface area contributed by atoms with Crippen LogP contribution < -0.4 is 0 Å². The average Bonchev–Trinajstić information content (AvgIpc) is 2.69. The van der Waals surface area contributed by atoms with Gasteiger partial charge >= 0.3 is 0 Å². The molecule has 0 radical (unpaired) electrons. The first kappa shape index (κ1) is 13.0. The molecule has 0 saturated carbocycles. The molecule has 2 heterocycles. The molecule has 0 aromatic carbocycles. The third-order valence-electron chi connectivity index (χ3n) is 2.95. The van der Waals surface area contributed by atoms with Gasteiger partial charge in [-0.2, -0.15) is 0 Å². The molecule has 18 heavy (non-hydrogen) atoms. The number of rotatable bonds is 3. The Hall–Kier alpha value is -1.40. The minimum absolute atomic E-state index is 0.141. The van der Waals surface area contributed by atoms with Crippen molar-refractivity contribution in [1.82, 2.24) is 13.7 Å². The number of pyridine rings is 1. The lowest BCUT2D eigenvalue weighted by atomic mass is 10.2. The zero-order valence-corrected chi connectivity index (χ0v) is 11.8. The van der Waals surface area contributed by atoms with Crippen molar-refractivity contribution >= 4 is 15.5 Å². The number of sulfonamides is 1. The summed E-state index contributed by atoms with van der Waals surface area (Å²) in [6.45, 7) is 3.86. The lowest BCUT2D eigenvalue weighted by molar-refractivity contribution is 0.518. The van der Waals surface area contributed by atoms with E-state index in [0.717, 1.165) is 11.4 Å². The van der Waals surface area contributed by atoms with Gasteiger partial charge in [-0.15, -0.1) is 0 Å². The maximum atomic E-state index is 12.3. The van der Waals surface area contributed by atoms with Gasteiger partial charge in [-0.1, -0.05) is 13.0 Å². The van der Waals surface area contributed by atoms with E-state index in [9.17, 15) is 8.42 Å². The van der Waals surface area contributed by atoms with Gasteiger partial charge in [0.1, 0.15) is 5.82 Å². The fourth-order valence-electron chi connectivity index (χ4n) is 1.93. The summed E-state index contributed by atoms with van der Waals surface area (Å²) in [5, 5.41) is 0.141. The van der Waals surface area contributed by atoms with Crippen molar-refractivity contribution in [2.45, 2.75) is 25.3 Å². The van der Waals surface area contributed by atoms with Crippen LogP contribution in [0, 0.1) is 6.92 Å². The lowest BCUT2D eigenvalue weighted by Gasteiger charge is -2.09. The lowest BCUT2D eigenvalue weighted by Crippen LogP contribution is -2.23. The van der Waals surface area contributed by atoms with E-state index in [2.05, 4.69) is 4.98 Å². The molecule has 6 heteroatoms. The normalized spacial score (nSPS) is 12.5. The van der Waals surface area contributed by atoms with E-state index in [0.29, 0.717) is 11.9 Å². The van der Waals surface area contributed by atoms with E-state index in [1.54, 1.807) is 0 Å². The molecule has 0 saturated heterocycles. The predicted molar refractivity (Wildman–Crippen MR) is 70.2 cm³/mol. The molecule has 0 aliphatic rings. The first-order chi connectivity index (χ1) is 8.39. The topological polar surface area (TPSA) is 54.7 Å². The number of aryl methyl sites for hydroxylation is 2. The highest BCUT2D eigenvalue weighted by Gasteiger charge is 2.25. The quantitative estimate of drug-likeness (QED) is 0.846. The summed E-state index contributed by atoms with van der Waals surface area (Å²) in [5.74, 6) is 0.758. The molecule has 98 valence electrons. The minimum atomic E-state index is -3.51. The highest BCUT2D eigenvalue weighted by molar-refractivity contribution is 7.89. The number of aromatic nitrogens is 2. The van der Waals surface area contributed by atoms with Gasteiger partial charge < -0.3 is 4.40 Å². The molecule has 5 nitrogen and oxygen atoms in total. The third-order valence-corrected chi connectivity index (χ3v) is 4.68. The Labute approximate surface area is 107 Å². The SMILES string of the molecule is CCc1nc(S(=O)(=O)N(C)C)c2c(C)cccn12. The number of imidazole rings is 1. The summed E-state index contributed by atoms with van der Waals surface area (Å²) in [6.07, 6.45) is 2.54. The summed E-state index contributed by atoms with van der Waals surface area (Å²) in [5.41, 5.74) is 1.58. The monoisotopic (exact) mass is 267 g/mol. The van der Waals surface area contributed by atoms with Gasteiger partial charge in [0.05, 0.1) is 5.52 Å². The van der Waals surface area contributed by atoms with Crippen LogP contribution in [0.3, 0.4) is 0 Å². The summed E-state index contributed by atoms with van der Waals surface area (Å²) >= 11 is 0. The second-order valence-electron chi connectivity index (χ2n) is 4.38. The fourth-order valence-corrected chi connectivity index (χ4v) is 3.00. The molecule has 0 N–H and O–H groups in total. The van der Waals surface area contributed by atoms with Crippen LogP contribution >= 0.6 is 0 Å². The second-order valence-corrected chi connectivity index (χ2v) is 6.45. The van der Waals surface area contributed by atoms with Crippen LogP contribution in [0.1, 0.15) is 18.3 Å². The molecular weight excluding hydrogens is 250 g/mol. The van der Waals surface area contributed by atoms with Crippen molar-refractivity contribution in [2.24, 2.45) is 0 Å². The number of fused-ring (bicyclic) bond motifs is 1. The Morgan fingerprint density at radius 1 is 1.39 bits per heavy atom. The molecule has 2 rings (SSSR count). The fraction of sp³-hybridized carbons (Fsp3) is 0.417. The number of nitrogens with zero attached hydrogens (tertiary/aromatic N) is 3. The molecule has 0 unspecified atom stereocenters. The molecule has 0 bridgehead atoms. The smallest absolute Gasteiger partial charge is 0.262 e. The van der Waals surface area contributed by atoms with Crippen LogP contribution in [0.5, 0.6) is 0 Å². The van der Waals surface area contributed by atoms with Gasteiger partial charge in [0.25, 0.3) is 10.0 Å². The standard InChI is InChI=1S/C12H17N3O2S/c1-5-10-13-12(18(16,17)14(3)4)11-9(2)7-6-8-15(10)11/h6-8H,5H2,1-4H3. The summed E-state index contributed by atoms with van der Waals surface area (Å²) in [4.78, 5) is 4.29. The van der Waals surface area contributed by atoms with Crippen LogP contribution in [0.4, 0.5) is 0 Å². The van der Waals surface area contributed by atoms with Gasteiger partial charge in [0.2, 0.25) is 0 Å².